The number of rotatable bonds is 2. The molecule has 1 heterocycles. The molecule has 3 heteroatoms. The highest BCUT2D eigenvalue weighted by molar-refractivity contribution is 5.66. The summed E-state index contributed by atoms with van der Waals surface area (Å²) in [4.78, 5) is 0. The SMILES string of the molecule is Fc1ccccc1-c1cc(-c2ccccc2)on1. The van der Waals surface area contributed by atoms with Crippen LogP contribution >= 0.6 is 0 Å². The van der Waals surface area contributed by atoms with E-state index in [2.05, 4.69) is 5.16 Å². The summed E-state index contributed by atoms with van der Waals surface area (Å²) in [5, 5.41) is 3.91. The molecule has 0 atom stereocenters. The Morgan fingerprint density at radius 2 is 1.61 bits per heavy atom. The van der Waals surface area contributed by atoms with E-state index in [0.717, 1.165) is 5.56 Å². The summed E-state index contributed by atoms with van der Waals surface area (Å²) in [6.07, 6.45) is 0. The molecule has 0 radical (unpaired) electrons. The van der Waals surface area contributed by atoms with Gasteiger partial charge < -0.3 is 4.52 Å². The highest BCUT2D eigenvalue weighted by Gasteiger charge is 2.11. The van der Waals surface area contributed by atoms with Gasteiger partial charge in [-0.3, -0.25) is 0 Å². The van der Waals surface area contributed by atoms with Crippen LogP contribution in [0.4, 0.5) is 4.39 Å². The minimum Gasteiger partial charge on any atom is -0.356 e. The van der Waals surface area contributed by atoms with Crippen LogP contribution < -0.4 is 0 Å². The fraction of sp³-hybridized carbons (Fsp3) is 0. The molecular weight excluding hydrogens is 229 g/mol. The predicted molar refractivity (Wildman–Crippen MR) is 67.3 cm³/mol. The summed E-state index contributed by atoms with van der Waals surface area (Å²) in [5.74, 6) is 0.333. The second-order valence-corrected chi connectivity index (χ2v) is 3.92. The van der Waals surface area contributed by atoms with Gasteiger partial charge in [-0.05, 0) is 12.1 Å². The molecule has 88 valence electrons. The molecule has 0 bridgehead atoms. The summed E-state index contributed by atoms with van der Waals surface area (Å²) >= 11 is 0. The molecule has 2 aromatic carbocycles. The van der Waals surface area contributed by atoms with E-state index in [1.54, 1.807) is 24.3 Å². The molecule has 0 saturated carbocycles. The Balaban J connectivity index is 2.03. The summed E-state index contributed by atoms with van der Waals surface area (Å²) in [5.41, 5.74) is 1.88. The van der Waals surface area contributed by atoms with Crippen LogP contribution in [0.5, 0.6) is 0 Å². The zero-order valence-corrected chi connectivity index (χ0v) is 9.51. The van der Waals surface area contributed by atoms with Crippen molar-refractivity contribution in [2.24, 2.45) is 0 Å². The van der Waals surface area contributed by atoms with Gasteiger partial charge >= 0.3 is 0 Å². The minimum atomic E-state index is -0.301. The normalized spacial score (nSPS) is 10.5. The molecule has 0 amide bonds. The van der Waals surface area contributed by atoms with Crippen LogP contribution in [0.15, 0.2) is 65.2 Å². The minimum absolute atomic E-state index is 0.301. The highest BCUT2D eigenvalue weighted by Crippen LogP contribution is 2.27. The van der Waals surface area contributed by atoms with Crippen molar-refractivity contribution in [2.45, 2.75) is 0 Å². The van der Waals surface area contributed by atoms with Gasteiger partial charge in [-0.25, -0.2) is 4.39 Å². The van der Waals surface area contributed by atoms with E-state index in [0.29, 0.717) is 17.0 Å². The van der Waals surface area contributed by atoms with Gasteiger partial charge in [0, 0.05) is 17.2 Å². The standard InChI is InChI=1S/C15H10FNO/c16-13-9-5-4-8-12(13)14-10-15(18-17-14)11-6-2-1-3-7-11/h1-10H. The Morgan fingerprint density at radius 3 is 2.39 bits per heavy atom. The van der Waals surface area contributed by atoms with E-state index in [-0.39, 0.29) is 5.82 Å². The molecule has 0 spiro atoms. The first-order valence-corrected chi connectivity index (χ1v) is 5.61. The van der Waals surface area contributed by atoms with Crippen LogP contribution in [0.3, 0.4) is 0 Å². The van der Waals surface area contributed by atoms with E-state index < -0.39 is 0 Å². The molecule has 2 nitrogen and oxygen atoms in total. The van der Waals surface area contributed by atoms with Crippen molar-refractivity contribution in [1.29, 1.82) is 0 Å². The molecule has 0 aliphatic heterocycles. The molecule has 0 aliphatic carbocycles. The third-order valence-corrected chi connectivity index (χ3v) is 2.72. The van der Waals surface area contributed by atoms with Gasteiger partial charge in [-0.1, -0.05) is 47.6 Å². The first-order valence-electron chi connectivity index (χ1n) is 5.61. The van der Waals surface area contributed by atoms with E-state index in [1.165, 1.54) is 6.07 Å². The number of nitrogens with zero attached hydrogens (tertiary/aromatic N) is 1. The van der Waals surface area contributed by atoms with Crippen LogP contribution in [0.25, 0.3) is 22.6 Å². The van der Waals surface area contributed by atoms with E-state index in [9.17, 15) is 4.39 Å². The molecule has 18 heavy (non-hydrogen) atoms. The van der Waals surface area contributed by atoms with Crippen molar-refractivity contribution in [2.75, 3.05) is 0 Å². The Kier molecular flexibility index (Phi) is 2.65. The van der Waals surface area contributed by atoms with Crippen LogP contribution in [0.1, 0.15) is 0 Å². The zero-order valence-electron chi connectivity index (χ0n) is 9.51. The Labute approximate surface area is 104 Å². The van der Waals surface area contributed by atoms with Crippen LogP contribution in [0.2, 0.25) is 0 Å². The number of benzene rings is 2. The van der Waals surface area contributed by atoms with Crippen molar-refractivity contribution in [1.82, 2.24) is 5.16 Å². The summed E-state index contributed by atoms with van der Waals surface area (Å²) in [6, 6.07) is 17.9. The smallest absolute Gasteiger partial charge is 0.167 e. The lowest BCUT2D eigenvalue weighted by Crippen LogP contribution is -1.82. The fourth-order valence-corrected chi connectivity index (χ4v) is 1.81. The topological polar surface area (TPSA) is 26.0 Å². The third-order valence-electron chi connectivity index (χ3n) is 2.72. The van der Waals surface area contributed by atoms with Gasteiger partial charge in [0.15, 0.2) is 5.76 Å². The number of aromatic nitrogens is 1. The van der Waals surface area contributed by atoms with Gasteiger partial charge in [0.1, 0.15) is 11.5 Å². The van der Waals surface area contributed by atoms with Gasteiger partial charge in [0.2, 0.25) is 0 Å². The summed E-state index contributed by atoms with van der Waals surface area (Å²) in [6.45, 7) is 0. The Bertz CT molecular complexity index is 661. The monoisotopic (exact) mass is 239 g/mol. The third kappa shape index (κ3) is 1.91. The van der Waals surface area contributed by atoms with Gasteiger partial charge in [-0.15, -0.1) is 0 Å². The summed E-state index contributed by atoms with van der Waals surface area (Å²) < 4.78 is 18.8. The van der Waals surface area contributed by atoms with Crippen LogP contribution in [-0.4, -0.2) is 5.16 Å². The Morgan fingerprint density at radius 1 is 0.889 bits per heavy atom. The van der Waals surface area contributed by atoms with Crippen LogP contribution in [0, 0.1) is 5.82 Å². The average Bonchev–Trinajstić information content (AvgIpc) is 2.90. The lowest BCUT2D eigenvalue weighted by molar-refractivity contribution is 0.434. The highest BCUT2D eigenvalue weighted by atomic mass is 19.1. The maximum absolute atomic E-state index is 13.6. The van der Waals surface area contributed by atoms with Gasteiger partial charge in [0.05, 0.1) is 0 Å². The summed E-state index contributed by atoms with van der Waals surface area (Å²) in [7, 11) is 0. The second-order valence-electron chi connectivity index (χ2n) is 3.92. The Hall–Kier alpha value is -2.42. The first kappa shape index (κ1) is 10.7. The number of hydrogen-bond acceptors (Lipinski definition) is 2. The number of halogens is 1. The zero-order chi connectivity index (χ0) is 12.4. The number of hydrogen-bond donors (Lipinski definition) is 0. The predicted octanol–water partition coefficient (Wildman–Crippen LogP) is 4.15. The molecule has 1 aromatic heterocycles. The fourth-order valence-electron chi connectivity index (χ4n) is 1.81. The van der Waals surface area contributed by atoms with Crippen molar-refractivity contribution in [3.05, 3.63) is 66.5 Å². The first-order chi connectivity index (χ1) is 8.84. The van der Waals surface area contributed by atoms with E-state index in [4.69, 9.17) is 4.52 Å². The van der Waals surface area contributed by atoms with Gasteiger partial charge in [-0.2, -0.15) is 0 Å². The molecule has 3 aromatic rings. The molecule has 0 unspecified atom stereocenters. The quantitative estimate of drug-likeness (QED) is 0.671. The molecule has 0 N–H and O–H groups in total. The van der Waals surface area contributed by atoms with E-state index in [1.807, 2.05) is 30.3 Å². The largest absolute Gasteiger partial charge is 0.356 e. The maximum Gasteiger partial charge on any atom is 0.167 e. The van der Waals surface area contributed by atoms with Crippen molar-refractivity contribution in [3.63, 3.8) is 0 Å². The van der Waals surface area contributed by atoms with Crippen molar-refractivity contribution in [3.8, 4) is 22.6 Å². The maximum atomic E-state index is 13.6. The molecule has 0 fully saturated rings. The molecular formula is C15H10FNO. The molecule has 0 saturated heterocycles. The lowest BCUT2D eigenvalue weighted by Gasteiger charge is -1.95. The van der Waals surface area contributed by atoms with Crippen molar-refractivity contribution < 1.29 is 8.91 Å². The van der Waals surface area contributed by atoms with Crippen molar-refractivity contribution >= 4 is 0 Å². The molecule has 3 rings (SSSR count). The second kappa shape index (κ2) is 4.45. The van der Waals surface area contributed by atoms with Crippen LogP contribution in [-0.2, 0) is 0 Å². The molecule has 0 aliphatic rings. The average molecular weight is 239 g/mol. The van der Waals surface area contributed by atoms with E-state index >= 15 is 0 Å². The van der Waals surface area contributed by atoms with Gasteiger partial charge in [0.25, 0.3) is 0 Å². The lowest BCUT2D eigenvalue weighted by atomic mass is 10.1.